The Morgan fingerprint density at radius 2 is 1.65 bits per heavy atom. The van der Waals surface area contributed by atoms with Crippen molar-refractivity contribution in [1.29, 1.82) is 0 Å². The molecule has 4 rings (SSSR count). The maximum atomic E-state index is 12.7. The lowest BCUT2D eigenvalue weighted by Gasteiger charge is -2.13. The molecular formula is C23H21N5O2S. The quantitative estimate of drug-likeness (QED) is 0.420. The maximum Gasteiger partial charge on any atom is 0.237 e. The lowest BCUT2D eigenvalue weighted by Crippen LogP contribution is -2.22. The minimum atomic E-state index is -0.394. The van der Waals surface area contributed by atoms with E-state index in [2.05, 4.69) is 20.8 Å². The van der Waals surface area contributed by atoms with Crippen molar-refractivity contribution in [3.63, 3.8) is 0 Å². The first kappa shape index (κ1) is 20.6. The van der Waals surface area contributed by atoms with Crippen LogP contribution in [0.15, 0.2) is 84.0 Å². The number of rotatable bonds is 7. The van der Waals surface area contributed by atoms with Crippen LogP contribution in [0.2, 0.25) is 0 Å². The van der Waals surface area contributed by atoms with E-state index in [0.29, 0.717) is 16.6 Å². The highest BCUT2D eigenvalue weighted by Crippen LogP contribution is 2.26. The van der Waals surface area contributed by atoms with Crippen LogP contribution in [-0.2, 0) is 4.79 Å². The predicted octanol–water partition coefficient (Wildman–Crippen LogP) is 4.88. The number of amides is 1. The fourth-order valence-corrected chi connectivity index (χ4v) is 3.69. The molecule has 1 N–H and O–H groups in total. The Hall–Kier alpha value is -3.65. The molecule has 0 saturated heterocycles. The molecule has 0 bridgehead atoms. The third kappa shape index (κ3) is 5.10. The zero-order valence-corrected chi connectivity index (χ0v) is 17.9. The number of aromatic nitrogens is 4. The zero-order chi connectivity index (χ0) is 21.6. The Morgan fingerprint density at radius 3 is 2.39 bits per heavy atom. The SMILES string of the molecule is Cc1ccccc1-n1nnnc1S[C@H](C)C(=O)Nc1ccc(Oc2ccccc2)cc1. The van der Waals surface area contributed by atoms with Crippen molar-refractivity contribution in [3.8, 4) is 17.2 Å². The van der Waals surface area contributed by atoms with E-state index in [4.69, 9.17) is 4.74 Å². The van der Waals surface area contributed by atoms with Crippen molar-refractivity contribution in [2.45, 2.75) is 24.3 Å². The molecule has 1 atom stereocenters. The van der Waals surface area contributed by atoms with Crippen molar-refractivity contribution < 1.29 is 9.53 Å². The summed E-state index contributed by atoms with van der Waals surface area (Å²) in [5, 5.41) is 15.0. The molecule has 0 aliphatic carbocycles. The van der Waals surface area contributed by atoms with Gasteiger partial charge >= 0.3 is 0 Å². The molecule has 1 aromatic heterocycles. The molecule has 0 saturated carbocycles. The standard InChI is InChI=1S/C23H21N5O2S/c1-16-8-6-7-11-21(16)28-23(25-26-27-28)31-17(2)22(29)24-18-12-14-20(15-13-18)30-19-9-4-3-5-10-19/h3-15,17H,1-2H3,(H,24,29)/t17-/m1/s1. The molecule has 0 spiro atoms. The van der Waals surface area contributed by atoms with E-state index in [1.807, 2.05) is 92.7 Å². The number of tetrazole rings is 1. The van der Waals surface area contributed by atoms with E-state index < -0.39 is 5.25 Å². The number of thioether (sulfide) groups is 1. The van der Waals surface area contributed by atoms with Gasteiger partial charge in [0.15, 0.2) is 0 Å². The summed E-state index contributed by atoms with van der Waals surface area (Å²) in [5.41, 5.74) is 2.62. The fraction of sp³-hybridized carbons (Fsp3) is 0.130. The zero-order valence-electron chi connectivity index (χ0n) is 17.1. The molecule has 31 heavy (non-hydrogen) atoms. The van der Waals surface area contributed by atoms with Crippen LogP contribution in [0.1, 0.15) is 12.5 Å². The van der Waals surface area contributed by atoms with Crippen molar-refractivity contribution in [2.75, 3.05) is 5.32 Å². The summed E-state index contributed by atoms with van der Waals surface area (Å²) >= 11 is 1.30. The number of aryl methyl sites for hydroxylation is 1. The summed E-state index contributed by atoms with van der Waals surface area (Å²) in [6, 6.07) is 24.6. The van der Waals surface area contributed by atoms with Crippen LogP contribution < -0.4 is 10.1 Å². The van der Waals surface area contributed by atoms with Gasteiger partial charge in [-0.05, 0) is 72.3 Å². The van der Waals surface area contributed by atoms with Gasteiger partial charge in [0.05, 0.1) is 10.9 Å². The maximum absolute atomic E-state index is 12.7. The number of ether oxygens (including phenoxy) is 1. The Labute approximate surface area is 184 Å². The molecule has 1 amide bonds. The van der Waals surface area contributed by atoms with Gasteiger partial charge < -0.3 is 10.1 Å². The van der Waals surface area contributed by atoms with Crippen molar-refractivity contribution >= 4 is 23.4 Å². The van der Waals surface area contributed by atoms with Gasteiger partial charge in [0, 0.05) is 5.69 Å². The molecule has 156 valence electrons. The molecule has 0 fully saturated rings. The summed E-state index contributed by atoms with van der Waals surface area (Å²) in [6.07, 6.45) is 0. The topological polar surface area (TPSA) is 81.9 Å². The average Bonchev–Trinajstić information content (AvgIpc) is 3.24. The first-order chi connectivity index (χ1) is 15.1. The Balaban J connectivity index is 1.38. The molecule has 7 nitrogen and oxygen atoms in total. The Bertz CT molecular complexity index is 1160. The van der Waals surface area contributed by atoms with Gasteiger partial charge in [-0.15, -0.1) is 5.10 Å². The van der Waals surface area contributed by atoms with Crippen molar-refractivity contribution in [1.82, 2.24) is 20.2 Å². The van der Waals surface area contributed by atoms with Crippen molar-refractivity contribution in [2.24, 2.45) is 0 Å². The predicted molar refractivity (Wildman–Crippen MR) is 121 cm³/mol. The highest BCUT2D eigenvalue weighted by atomic mass is 32.2. The molecule has 1 heterocycles. The van der Waals surface area contributed by atoms with Gasteiger partial charge in [-0.1, -0.05) is 48.2 Å². The number of benzene rings is 3. The van der Waals surface area contributed by atoms with Gasteiger partial charge in [0.2, 0.25) is 11.1 Å². The normalized spacial score (nSPS) is 11.7. The van der Waals surface area contributed by atoms with E-state index in [-0.39, 0.29) is 5.91 Å². The van der Waals surface area contributed by atoms with Gasteiger partial charge in [-0.2, -0.15) is 4.68 Å². The minimum absolute atomic E-state index is 0.138. The van der Waals surface area contributed by atoms with Gasteiger partial charge in [-0.3, -0.25) is 4.79 Å². The molecule has 0 aliphatic heterocycles. The fourth-order valence-electron chi connectivity index (χ4n) is 2.89. The third-order valence-electron chi connectivity index (χ3n) is 4.54. The number of anilines is 1. The summed E-state index contributed by atoms with van der Waals surface area (Å²) in [4.78, 5) is 12.7. The number of para-hydroxylation sites is 2. The van der Waals surface area contributed by atoms with Gasteiger partial charge in [0.25, 0.3) is 0 Å². The molecule has 3 aromatic carbocycles. The number of hydrogen-bond donors (Lipinski definition) is 1. The lowest BCUT2D eigenvalue weighted by molar-refractivity contribution is -0.115. The number of nitrogens with zero attached hydrogens (tertiary/aromatic N) is 4. The smallest absolute Gasteiger partial charge is 0.237 e. The second-order valence-electron chi connectivity index (χ2n) is 6.85. The average molecular weight is 432 g/mol. The second kappa shape index (κ2) is 9.44. The van der Waals surface area contributed by atoms with E-state index in [9.17, 15) is 4.79 Å². The van der Waals surface area contributed by atoms with Gasteiger partial charge in [-0.25, -0.2) is 0 Å². The van der Waals surface area contributed by atoms with Crippen LogP contribution in [0, 0.1) is 6.92 Å². The first-order valence-corrected chi connectivity index (χ1v) is 10.6. The monoisotopic (exact) mass is 431 g/mol. The third-order valence-corrected chi connectivity index (χ3v) is 5.57. The van der Waals surface area contributed by atoms with Crippen LogP contribution >= 0.6 is 11.8 Å². The molecular weight excluding hydrogens is 410 g/mol. The van der Waals surface area contributed by atoms with Gasteiger partial charge in [0.1, 0.15) is 11.5 Å². The highest BCUT2D eigenvalue weighted by molar-refractivity contribution is 8.00. The summed E-state index contributed by atoms with van der Waals surface area (Å²) in [7, 11) is 0. The molecule has 8 heteroatoms. The number of carbonyl (C=O) groups excluding carboxylic acids is 1. The molecule has 0 unspecified atom stereocenters. The molecule has 0 radical (unpaired) electrons. The minimum Gasteiger partial charge on any atom is -0.457 e. The van der Waals surface area contributed by atoms with Crippen LogP contribution in [0.25, 0.3) is 5.69 Å². The number of carbonyl (C=O) groups is 1. The summed E-state index contributed by atoms with van der Waals surface area (Å²) in [5.74, 6) is 1.32. The van der Waals surface area contributed by atoms with Crippen LogP contribution in [-0.4, -0.2) is 31.4 Å². The Morgan fingerprint density at radius 1 is 0.968 bits per heavy atom. The van der Waals surface area contributed by atoms with E-state index >= 15 is 0 Å². The van der Waals surface area contributed by atoms with E-state index in [0.717, 1.165) is 17.0 Å². The largest absolute Gasteiger partial charge is 0.457 e. The van der Waals surface area contributed by atoms with E-state index in [1.54, 1.807) is 4.68 Å². The molecule has 0 aliphatic rings. The van der Waals surface area contributed by atoms with Crippen LogP contribution in [0.4, 0.5) is 5.69 Å². The summed E-state index contributed by atoms with van der Waals surface area (Å²) in [6.45, 7) is 3.82. The number of hydrogen-bond acceptors (Lipinski definition) is 6. The first-order valence-electron chi connectivity index (χ1n) is 9.75. The Kier molecular flexibility index (Phi) is 6.28. The van der Waals surface area contributed by atoms with Crippen LogP contribution in [0.5, 0.6) is 11.5 Å². The lowest BCUT2D eigenvalue weighted by atomic mass is 10.2. The second-order valence-corrected chi connectivity index (χ2v) is 8.16. The van der Waals surface area contributed by atoms with Crippen LogP contribution in [0.3, 0.4) is 0 Å². The molecule has 4 aromatic rings. The van der Waals surface area contributed by atoms with Crippen molar-refractivity contribution in [3.05, 3.63) is 84.4 Å². The van der Waals surface area contributed by atoms with E-state index in [1.165, 1.54) is 11.8 Å². The highest BCUT2D eigenvalue weighted by Gasteiger charge is 2.20. The summed E-state index contributed by atoms with van der Waals surface area (Å²) < 4.78 is 7.43. The number of nitrogens with one attached hydrogen (secondary N) is 1.